The second-order valence-electron chi connectivity index (χ2n) is 5.92. The number of hydrogen-bond acceptors (Lipinski definition) is 1. The molecule has 20 heavy (non-hydrogen) atoms. The maximum Gasteiger partial charge on any atom is 0.0323 e. The minimum atomic E-state index is 0.463. The normalized spacial score (nSPS) is 21.8. The molecule has 0 fully saturated rings. The lowest BCUT2D eigenvalue weighted by Gasteiger charge is -2.27. The summed E-state index contributed by atoms with van der Waals surface area (Å²) in [5.41, 5.74) is 7.64. The Hall–Kier alpha value is -1.86. The Kier molecular flexibility index (Phi) is 2.75. The van der Waals surface area contributed by atoms with E-state index in [4.69, 9.17) is 0 Å². The maximum atomic E-state index is 2.45. The van der Waals surface area contributed by atoms with Crippen molar-refractivity contribution < 1.29 is 0 Å². The summed E-state index contributed by atoms with van der Waals surface area (Å²) in [4.78, 5) is 2.45. The first kappa shape index (κ1) is 11.9. The van der Waals surface area contributed by atoms with Crippen LogP contribution in [-0.2, 0) is 0 Å². The number of nitrogens with zero attached hydrogens (tertiary/aromatic N) is 1. The number of hydrogen-bond donors (Lipinski definition) is 0. The molecule has 0 spiro atoms. The van der Waals surface area contributed by atoms with Gasteiger partial charge < -0.3 is 4.90 Å². The Morgan fingerprint density at radius 2 is 1.70 bits per heavy atom. The average molecular weight is 261 g/mol. The Labute approximate surface area is 120 Å². The zero-order chi connectivity index (χ0) is 13.5. The number of fused-ring (bicyclic) bond motifs is 2. The first-order valence-electron chi connectivity index (χ1n) is 7.39. The summed E-state index contributed by atoms with van der Waals surface area (Å²) < 4.78 is 0. The van der Waals surface area contributed by atoms with Gasteiger partial charge in [0.15, 0.2) is 0 Å². The second kappa shape index (κ2) is 4.60. The van der Waals surface area contributed by atoms with Crippen LogP contribution in [0.4, 0.5) is 0 Å². The fourth-order valence-corrected chi connectivity index (χ4v) is 3.74. The zero-order valence-electron chi connectivity index (χ0n) is 11.8. The summed E-state index contributed by atoms with van der Waals surface area (Å²) in [6, 6.07) is 19.9. The van der Waals surface area contributed by atoms with Crippen molar-refractivity contribution in [2.75, 3.05) is 20.1 Å². The van der Waals surface area contributed by atoms with Crippen molar-refractivity contribution in [1.82, 2.24) is 4.90 Å². The molecule has 1 heterocycles. The highest BCUT2D eigenvalue weighted by Crippen LogP contribution is 2.48. The third kappa shape index (κ3) is 1.74. The lowest BCUT2D eigenvalue weighted by atomic mass is 9.87. The van der Waals surface area contributed by atoms with Crippen molar-refractivity contribution in [3.63, 3.8) is 0 Å². The van der Waals surface area contributed by atoms with Gasteiger partial charge in [-0.1, -0.05) is 54.6 Å². The number of likely N-dealkylation sites (N-methyl/N-ethyl adjacent to an activating group) is 1. The SMILES string of the molecule is CN1CCC2=C(C1)[C@H](c1ccccc1)c1ccccc12. The van der Waals surface area contributed by atoms with Crippen molar-refractivity contribution in [3.05, 3.63) is 76.9 Å². The molecule has 100 valence electrons. The molecular formula is C19H19N. The zero-order valence-corrected chi connectivity index (χ0v) is 11.8. The van der Waals surface area contributed by atoms with Gasteiger partial charge in [-0.25, -0.2) is 0 Å². The van der Waals surface area contributed by atoms with E-state index in [9.17, 15) is 0 Å². The Morgan fingerprint density at radius 3 is 2.55 bits per heavy atom. The van der Waals surface area contributed by atoms with Crippen LogP contribution < -0.4 is 0 Å². The van der Waals surface area contributed by atoms with E-state index in [2.05, 4.69) is 66.5 Å². The highest BCUT2D eigenvalue weighted by molar-refractivity contribution is 5.81. The molecule has 0 saturated carbocycles. The highest BCUT2D eigenvalue weighted by atomic mass is 15.1. The van der Waals surface area contributed by atoms with Crippen molar-refractivity contribution >= 4 is 5.57 Å². The smallest absolute Gasteiger partial charge is 0.0323 e. The van der Waals surface area contributed by atoms with Gasteiger partial charge in [-0.3, -0.25) is 0 Å². The number of rotatable bonds is 1. The molecule has 0 N–H and O–H groups in total. The summed E-state index contributed by atoms with van der Waals surface area (Å²) in [6.45, 7) is 2.28. The van der Waals surface area contributed by atoms with E-state index in [1.165, 1.54) is 29.7 Å². The quantitative estimate of drug-likeness (QED) is 0.752. The van der Waals surface area contributed by atoms with Gasteiger partial charge in [0.1, 0.15) is 0 Å². The largest absolute Gasteiger partial charge is 0.302 e. The molecule has 1 aliphatic heterocycles. The van der Waals surface area contributed by atoms with Gasteiger partial charge in [0.2, 0.25) is 0 Å². The molecule has 0 amide bonds. The molecule has 1 nitrogen and oxygen atoms in total. The topological polar surface area (TPSA) is 3.24 Å². The molecule has 0 radical (unpaired) electrons. The number of benzene rings is 2. The van der Waals surface area contributed by atoms with Gasteiger partial charge in [-0.2, -0.15) is 0 Å². The predicted molar refractivity (Wildman–Crippen MR) is 83.8 cm³/mol. The van der Waals surface area contributed by atoms with E-state index in [0.717, 1.165) is 6.54 Å². The van der Waals surface area contributed by atoms with Crippen LogP contribution in [-0.4, -0.2) is 25.0 Å². The van der Waals surface area contributed by atoms with Crippen molar-refractivity contribution in [3.8, 4) is 0 Å². The molecule has 4 rings (SSSR count). The first-order valence-corrected chi connectivity index (χ1v) is 7.39. The van der Waals surface area contributed by atoms with Crippen LogP contribution in [0.15, 0.2) is 60.2 Å². The fourth-order valence-electron chi connectivity index (χ4n) is 3.74. The minimum Gasteiger partial charge on any atom is -0.302 e. The van der Waals surface area contributed by atoms with Gasteiger partial charge >= 0.3 is 0 Å². The Bertz CT molecular complexity index is 669. The van der Waals surface area contributed by atoms with E-state index in [0.29, 0.717) is 5.92 Å². The van der Waals surface area contributed by atoms with Crippen molar-refractivity contribution in [2.45, 2.75) is 12.3 Å². The molecule has 0 aromatic heterocycles. The van der Waals surface area contributed by atoms with Gasteiger partial charge in [0.25, 0.3) is 0 Å². The molecule has 0 bridgehead atoms. The lowest BCUT2D eigenvalue weighted by molar-refractivity contribution is 0.356. The van der Waals surface area contributed by atoms with Crippen molar-refractivity contribution in [2.24, 2.45) is 0 Å². The molecule has 2 aliphatic rings. The van der Waals surface area contributed by atoms with E-state index >= 15 is 0 Å². The third-order valence-corrected chi connectivity index (χ3v) is 4.65. The first-order chi connectivity index (χ1) is 9.84. The standard InChI is InChI=1S/C19H19N/c1-20-12-11-16-15-9-5-6-10-17(15)19(18(16)13-20)14-7-3-2-4-8-14/h2-10,19H,11-13H2,1H3/t19-/m1/s1. The molecule has 2 aromatic rings. The summed E-state index contributed by atoms with van der Waals surface area (Å²) >= 11 is 0. The minimum absolute atomic E-state index is 0.463. The van der Waals surface area contributed by atoms with E-state index in [1.54, 1.807) is 11.1 Å². The summed E-state index contributed by atoms with van der Waals surface area (Å²) in [7, 11) is 2.23. The van der Waals surface area contributed by atoms with Gasteiger partial charge in [-0.05, 0) is 41.3 Å². The molecule has 1 heteroatoms. The van der Waals surface area contributed by atoms with Crippen LogP contribution >= 0.6 is 0 Å². The van der Waals surface area contributed by atoms with Crippen molar-refractivity contribution in [1.29, 1.82) is 0 Å². The van der Waals surface area contributed by atoms with Crippen LogP contribution in [0.25, 0.3) is 5.57 Å². The second-order valence-corrected chi connectivity index (χ2v) is 5.92. The van der Waals surface area contributed by atoms with Gasteiger partial charge in [-0.15, -0.1) is 0 Å². The molecule has 0 unspecified atom stereocenters. The van der Waals surface area contributed by atoms with Crippen LogP contribution in [0.1, 0.15) is 29.0 Å². The Balaban J connectivity index is 1.90. The predicted octanol–water partition coefficient (Wildman–Crippen LogP) is 3.92. The summed E-state index contributed by atoms with van der Waals surface area (Å²) in [5.74, 6) is 0.463. The molecule has 1 atom stereocenters. The fraction of sp³-hybridized carbons (Fsp3) is 0.263. The van der Waals surface area contributed by atoms with E-state index in [1.807, 2.05) is 0 Å². The van der Waals surface area contributed by atoms with Crippen LogP contribution in [0.2, 0.25) is 0 Å². The van der Waals surface area contributed by atoms with E-state index < -0.39 is 0 Å². The maximum absolute atomic E-state index is 2.45. The Morgan fingerprint density at radius 1 is 0.950 bits per heavy atom. The van der Waals surface area contributed by atoms with Gasteiger partial charge in [0.05, 0.1) is 0 Å². The summed E-state index contributed by atoms with van der Waals surface area (Å²) in [6.07, 6.45) is 1.19. The third-order valence-electron chi connectivity index (χ3n) is 4.65. The molecular weight excluding hydrogens is 242 g/mol. The summed E-state index contributed by atoms with van der Waals surface area (Å²) in [5, 5.41) is 0. The highest BCUT2D eigenvalue weighted by Gasteiger charge is 2.34. The molecule has 0 saturated heterocycles. The molecule has 1 aliphatic carbocycles. The van der Waals surface area contributed by atoms with Crippen LogP contribution in [0.5, 0.6) is 0 Å². The lowest BCUT2D eigenvalue weighted by Crippen LogP contribution is -2.27. The molecule has 2 aromatic carbocycles. The average Bonchev–Trinajstić information content (AvgIpc) is 2.81. The van der Waals surface area contributed by atoms with E-state index in [-0.39, 0.29) is 0 Å². The van der Waals surface area contributed by atoms with Crippen LogP contribution in [0, 0.1) is 0 Å². The van der Waals surface area contributed by atoms with Gasteiger partial charge in [0, 0.05) is 19.0 Å². The van der Waals surface area contributed by atoms with Crippen LogP contribution in [0.3, 0.4) is 0 Å². The monoisotopic (exact) mass is 261 g/mol.